The van der Waals surface area contributed by atoms with Crippen molar-refractivity contribution in [3.05, 3.63) is 0 Å². The fourth-order valence-corrected chi connectivity index (χ4v) is 2.14. The minimum atomic E-state index is -1.46. The van der Waals surface area contributed by atoms with E-state index in [1.165, 1.54) is 0 Å². The smallest absolute Gasteiger partial charge is 0.380 e. The molecule has 0 saturated carbocycles. The van der Waals surface area contributed by atoms with Gasteiger partial charge in [0, 0.05) is 11.5 Å². The van der Waals surface area contributed by atoms with Gasteiger partial charge in [0.15, 0.2) is 0 Å². The Bertz CT molecular complexity index is 231. The molecule has 0 radical (unpaired) electrons. The second-order valence-corrected chi connectivity index (χ2v) is 5.36. The largest absolute Gasteiger partial charge is 0.397 e. The van der Waals surface area contributed by atoms with Gasteiger partial charge in [-0.05, 0) is 5.41 Å². The van der Waals surface area contributed by atoms with E-state index in [4.69, 9.17) is 4.74 Å². The molecule has 1 fully saturated rings. The number of hydrogen-bond donors (Lipinski definition) is 1. The van der Waals surface area contributed by atoms with Crippen LogP contribution in [-0.4, -0.2) is 25.4 Å². The lowest BCUT2D eigenvalue weighted by molar-refractivity contribution is -0.136. The van der Waals surface area contributed by atoms with Crippen molar-refractivity contribution in [3.63, 3.8) is 0 Å². The number of amides is 1. The molecule has 1 atom stereocenters. The molecule has 0 aromatic heterocycles. The van der Waals surface area contributed by atoms with Crippen LogP contribution >= 0.6 is 0 Å². The number of hydrogen-bond acceptors (Lipinski definition) is 2. The van der Waals surface area contributed by atoms with Crippen LogP contribution in [-0.2, 0) is 4.74 Å². The Morgan fingerprint density at radius 3 is 2.21 bits per heavy atom. The highest BCUT2D eigenvalue weighted by Gasteiger charge is 2.47. The Balaban J connectivity index is 2.76. The quantitative estimate of drug-likeness (QED) is 0.551. The fourth-order valence-electron chi connectivity index (χ4n) is 2.14. The molecule has 0 aromatic carbocycles. The first-order valence-electron chi connectivity index (χ1n) is 4.79. The molecule has 0 spiro atoms. The Morgan fingerprint density at radius 1 is 1.50 bits per heavy atom. The summed E-state index contributed by atoms with van der Waals surface area (Å²) in [4.78, 5) is 10.5. The van der Waals surface area contributed by atoms with Gasteiger partial charge in [0.25, 0.3) is 0 Å². The molecule has 0 bridgehead atoms. The van der Waals surface area contributed by atoms with Crippen molar-refractivity contribution in [2.75, 3.05) is 13.2 Å². The van der Waals surface area contributed by atoms with E-state index in [-0.39, 0.29) is 16.9 Å². The third-order valence-electron chi connectivity index (χ3n) is 2.68. The van der Waals surface area contributed by atoms with E-state index in [2.05, 4.69) is 5.32 Å². The maximum atomic E-state index is 12.4. The van der Waals surface area contributed by atoms with Crippen LogP contribution in [0, 0.1) is 10.8 Å². The van der Waals surface area contributed by atoms with Gasteiger partial charge in [0.05, 0.1) is 13.2 Å². The van der Waals surface area contributed by atoms with Crippen LogP contribution in [0.25, 0.3) is 0 Å². The van der Waals surface area contributed by atoms with Crippen LogP contribution in [0.15, 0.2) is 0 Å². The van der Waals surface area contributed by atoms with E-state index in [9.17, 15) is 9.18 Å². The molecule has 1 aliphatic heterocycles. The summed E-state index contributed by atoms with van der Waals surface area (Å²) in [5.41, 5.74) is -0.305. The van der Waals surface area contributed by atoms with Gasteiger partial charge < -0.3 is 10.1 Å². The van der Waals surface area contributed by atoms with Crippen molar-refractivity contribution in [1.82, 2.24) is 5.32 Å². The summed E-state index contributed by atoms with van der Waals surface area (Å²) in [7, 11) is 0. The Hall–Kier alpha value is -0.640. The average molecular weight is 203 g/mol. The van der Waals surface area contributed by atoms with Crippen LogP contribution in [0.4, 0.5) is 9.18 Å². The normalized spacial score (nSPS) is 22.4. The summed E-state index contributed by atoms with van der Waals surface area (Å²) in [5, 5.41) is 2.38. The van der Waals surface area contributed by atoms with Crippen molar-refractivity contribution in [1.29, 1.82) is 0 Å². The number of carbonyl (C=O) groups is 1. The lowest BCUT2D eigenvalue weighted by Crippen LogP contribution is -2.60. The molecule has 0 aliphatic carbocycles. The number of carbonyl (C=O) groups excluding carboxylic acids is 1. The van der Waals surface area contributed by atoms with E-state index >= 15 is 0 Å². The standard InChI is InChI=1S/C10H18FNO2/c1-9(2,3)7(12-8(11)13)10(4)5-14-6-10/h7H,5-6H2,1-4H3,(H,12,13). The molecule has 1 saturated heterocycles. The SMILES string of the molecule is CC(C)(C)C(NC(=O)F)C1(C)COC1. The van der Waals surface area contributed by atoms with Gasteiger partial charge in [-0.1, -0.05) is 27.7 Å². The maximum Gasteiger partial charge on any atom is 0.397 e. The van der Waals surface area contributed by atoms with E-state index in [0.29, 0.717) is 13.2 Å². The second kappa shape index (κ2) is 3.50. The van der Waals surface area contributed by atoms with Crippen molar-refractivity contribution < 1.29 is 13.9 Å². The molecule has 3 nitrogen and oxygen atoms in total. The highest BCUT2D eigenvalue weighted by molar-refractivity contribution is 5.66. The molecule has 1 aliphatic rings. The van der Waals surface area contributed by atoms with Crippen molar-refractivity contribution >= 4 is 6.16 Å². The predicted octanol–water partition coefficient (Wildman–Crippen LogP) is 2.12. The first-order valence-corrected chi connectivity index (χ1v) is 4.79. The summed E-state index contributed by atoms with van der Waals surface area (Å²) >= 11 is 0. The second-order valence-electron chi connectivity index (χ2n) is 5.36. The molecule has 1 rings (SSSR count). The third-order valence-corrected chi connectivity index (χ3v) is 2.68. The van der Waals surface area contributed by atoms with E-state index in [1.807, 2.05) is 27.7 Å². The van der Waals surface area contributed by atoms with Gasteiger partial charge in [0.2, 0.25) is 0 Å². The molecule has 1 unspecified atom stereocenters. The molecule has 1 N–H and O–H groups in total. The predicted molar refractivity (Wildman–Crippen MR) is 51.8 cm³/mol. The lowest BCUT2D eigenvalue weighted by Gasteiger charge is -2.49. The molecule has 14 heavy (non-hydrogen) atoms. The Labute approximate surface area is 84.0 Å². The molecular formula is C10H18FNO2. The summed E-state index contributed by atoms with van der Waals surface area (Å²) in [5.74, 6) is 0. The zero-order valence-corrected chi connectivity index (χ0v) is 9.19. The van der Waals surface area contributed by atoms with Gasteiger partial charge in [0.1, 0.15) is 0 Å². The molecule has 1 amide bonds. The highest BCUT2D eigenvalue weighted by atomic mass is 19.1. The number of nitrogens with one attached hydrogen (secondary N) is 1. The average Bonchev–Trinajstić information content (AvgIpc) is 1.93. The van der Waals surface area contributed by atoms with Crippen LogP contribution in [0.1, 0.15) is 27.7 Å². The summed E-state index contributed by atoms with van der Waals surface area (Å²) in [6, 6.07) is -0.193. The van der Waals surface area contributed by atoms with Crippen LogP contribution in [0.3, 0.4) is 0 Å². The summed E-state index contributed by atoms with van der Waals surface area (Å²) in [6.07, 6.45) is -1.46. The maximum absolute atomic E-state index is 12.4. The van der Waals surface area contributed by atoms with E-state index in [1.54, 1.807) is 0 Å². The fraction of sp³-hybridized carbons (Fsp3) is 0.900. The van der Waals surface area contributed by atoms with E-state index in [0.717, 1.165) is 0 Å². The first kappa shape index (κ1) is 11.4. The van der Waals surface area contributed by atoms with Gasteiger partial charge in [-0.15, -0.1) is 4.39 Å². The summed E-state index contributed by atoms with van der Waals surface area (Å²) < 4.78 is 17.5. The van der Waals surface area contributed by atoms with Gasteiger partial charge in [-0.3, -0.25) is 0 Å². The monoisotopic (exact) mass is 203 g/mol. The molecule has 4 heteroatoms. The topological polar surface area (TPSA) is 38.3 Å². The number of halogens is 1. The molecule has 82 valence electrons. The minimum absolute atomic E-state index is 0.139. The minimum Gasteiger partial charge on any atom is -0.380 e. The lowest BCUT2D eigenvalue weighted by atomic mass is 9.68. The van der Waals surface area contributed by atoms with Gasteiger partial charge in [-0.2, -0.15) is 0 Å². The zero-order valence-electron chi connectivity index (χ0n) is 9.19. The van der Waals surface area contributed by atoms with Gasteiger partial charge in [-0.25, -0.2) is 4.79 Å². The van der Waals surface area contributed by atoms with E-state index < -0.39 is 6.16 Å². The molecule has 1 heterocycles. The first-order chi connectivity index (χ1) is 6.26. The van der Waals surface area contributed by atoms with Crippen LogP contribution < -0.4 is 5.32 Å². The number of rotatable bonds is 2. The van der Waals surface area contributed by atoms with Crippen molar-refractivity contribution in [3.8, 4) is 0 Å². The van der Waals surface area contributed by atoms with Crippen molar-refractivity contribution in [2.24, 2.45) is 10.8 Å². The Kier molecular flexibility index (Phi) is 2.86. The van der Waals surface area contributed by atoms with Gasteiger partial charge >= 0.3 is 6.16 Å². The highest BCUT2D eigenvalue weighted by Crippen LogP contribution is 2.39. The number of ether oxygens (including phenoxy) is 1. The molecule has 0 aromatic rings. The third kappa shape index (κ3) is 2.23. The zero-order chi connectivity index (χ0) is 11.0. The summed E-state index contributed by atoms with van der Waals surface area (Å²) in [6.45, 7) is 9.11. The van der Waals surface area contributed by atoms with Crippen LogP contribution in [0.5, 0.6) is 0 Å². The molecular weight excluding hydrogens is 185 g/mol. The van der Waals surface area contributed by atoms with Crippen molar-refractivity contribution in [2.45, 2.75) is 33.7 Å². The Morgan fingerprint density at radius 2 is 2.00 bits per heavy atom. The van der Waals surface area contributed by atoms with Crippen LogP contribution in [0.2, 0.25) is 0 Å².